The van der Waals surface area contributed by atoms with Gasteiger partial charge in [0, 0.05) is 77.6 Å². The van der Waals surface area contributed by atoms with E-state index in [0.29, 0.717) is 0 Å². The third-order valence-corrected chi connectivity index (χ3v) is 16.5. The number of fused-ring (bicyclic) bond motifs is 12. The van der Waals surface area contributed by atoms with Crippen molar-refractivity contribution >= 4 is 121 Å². The first-order valence-electron chi connectivity index (χ1n) is 26.0. The first-order valence-corrected chi connectivity index (χ1v) is 26.0. The smallest absolute Gasteiger partial charge is 0.144 e. The summed E-state index contributed by atoms with van der Waals surface area (Å²) < 4.78 is 21.1. The molecule has 11 aromatic carbocycles. The van der Waals surface area contributed by atoms with Crippen molar-refractivity contribution in [2.45, 2.75) is 55.4 Å². The molecule has 3 heterocycles. The van der Waals surface area contributed by atoms with Gasteiger partial charge in [-0.15, -0.1) is 0 Å². The molecular formula is C70H54N2O3. The van der Waals surface area contributed by atoms with Gasteiger partial charge in [-0.1, -0.05) is 97.1 Å². The molecule has 0 aliphatic rings. The quantitative estimate of drug-likeness (QED) is 0.159. The largest absolute Gasteiger partial charge is 0.456 e. The van der Waals surface area contributed by atoms with Gasteiger partial charge in [0.1, 0.15) is 33.5 Å². The molecule has 3 aromatic heterocycles. The first-order chi connectivity index (χ1) is 36.5. The highest BCUT2D eigenvalue weighted by Crippen LogP contribution is 2.50. The molecule has 0 spiro atoms. The van der Waals surface area contributed by atoms with E-state index in [9.17, 15) is 0 Å². The zero-order chi connectivity index (χ0) is 51.0. The Balaban J connectivity index is 1.01. The summed E-state index contributed by atoms with van der Waals surface area (Å²) in [5.74, 6) is 0. The fraction of sp³-hybridized carbons (Fsp3) is 0.114. The van der Waals surface area contributed by atoms with Gasteiger partial charge in [-0.05, 0) is 206 Å². The summed E-state index contributed by atoms with van der Waals surface area (Å²) in [6.45, 7) is 17.6. The van der Waals surface area contributed by atoms with Crippen LogP contribution in [0.4, 0.5) is 34.1 Å². The van der Waals surface area contributed by atoms with Crippen LogP contribution in [0, 0.1) is 55.4 Å². The number of rotatable bonds is 7. The van der Waals surface area contributed by atoms with Crippen LogP contribution in [0.2, 0.25) is 0 Å². The number of aryl methyl sites for hydroxylation is 4. The first kappa shape index (κ1) is 44.6. The maximum Gasteiger partial charge on any atom is 0.144 e. The minimum absolute atomic E-state index is 0.791. The summed E-state index contributed by atoms with van der Waals surface area (Å²) in [5, 5.41) is 10.7. The van der Waals surface area contributed by atoms with Crippen LogP contribution in [0.25, 0.3) is 98.5 Å². The van der Waals surface area contributed by atoms with Crippen LogP contribution in [0.5, 0.6) is 0 Å². The van der Waals surface area contributed by atoms with Crippen LogP contribution in [0.15, 0.2) is 195 Å². The molecule has 0 N–H and O–H groups in total. The lowest BCUT2D eigenvalue weighted by Crippen LogP contribution is -2.13. The summed E-state index contributed by atoms with van der Waals surface area (Å²) in [6, 6.07) is 65.9. The van der Waals surface area contributed by atoms with E-state index in [1.807, 2.05) is 12.1 Å². The molecule has 0 saturated heterocycles. The van der Waals surface area contributed by atoms with Gasteiger partial charge in [0.05, 0.1) is 0 Å². The van der Waals surface area contributed by atoms with Crippen molar-refractivity contribution in [2.75, 3.05) is 9.80 Å². The third kappa shape index (κ3) is 6.84. The van der Waals surface area contributed by atoms with E-state index in [1.54, 1.807) is 0 Å². The molecule has 5 nitrogen and oxygen atoms in total. The fourth-order valence-corrected chi connectivity index (χ4v) is 11.8. The molecule has 0 saturated carbocycles. The normalized spacial score (nSPS) is 12.0. The van der Waals surface area contributed by atoms with Crippen molar-refractivity contribution in [3.63, 3.8) is 0 Å². The zero-order valence-corrected chi connectivity index (χ0v) is 43.4. The second-order valence-electron chi connectivity index (χ2n) is 20.8. The molecule has 14 aromatic rings. The lowest BCUT2D eigenvalue weighted by molar-refractivity contribution is 0.662. The predicted molar refractivity (Wildman–Crippen MR) is 316 cm³/mol. The van der Waals surface area contributed by atoms with Gasteiger partial charge in [0.25, 0.3) is 0 Å². The summed E-state index contributed by atoms with van der Waals surface area (Å²) in [6.07, 6.45) is 0. The summed E-state index contributed by atoms with van der Waals surface area (Å²) in [4.78, 5) is 4.83. The van der Waals surface area contributed by atoms with Gasteiger partial charge < -0.3 is 23.1 Å². The molecule has 0 unspecified atom stereocenters. The van der Waals surface area contributed by atoms with Gasteiger partial charge >= 0.3 is 0 Å². The number of anilines is 6. The molecule has 0 aliphatic carbocycles. The van der Waals surface area contributed by atoms with E-state index >= 15 is 0 Å². The maximum atomic E-state index is 7.28. The highest BCUT2D eigenvalue weighted by atomic mass is 16.3. The molecule has 5 heteroatoms. The van der Waals surface area contributed by atoms with Crippen LogP contribution >= 0.6 is 0 Å². The van der Waals surface area contributed by atoms with Gasteiger partial charge in [0.15, 0.2) is 0 Å². The van der Waals surface area contributed by atoms with E-state index in [2.05, 4.69) is 235 Å². The average molecular weight is 971 g/mol. The monoisotopic (exact) mass is 970 g/mol. The highest BCUT2D eigenvalue weighted by molar-refractivity contribution is 6.31. The van der Waals surface area contributed by atoms with Crippen molar-refractivity contribution in [3.05, 3.63) is 226 Å². The minimum Gasteiger partial charge on any atom is -0.456 e. The Morgan fingerprint density at radius 3 is 1.27 bits per heavy atom. The van der Waals surface area contributed by atoms with Crippen molar-refractivity contribution in [1.82, 2.24) is 0 Å². The molecule has 0 amide bonds. The molecule has 0 atom stereocenters. The van der Waals surface area contributed by atoms with Gasteiger partial charge in [-0.25, -0.2) is 0 Å². The van der Waals surface area contributed by atoms with E-state index in [1.165, 1.54) is 44.5 Å². The van der Waals surface area contributed by atoms with Crippen LogP contribution in [0.3, 0.4) is 0 Å². The Morgan fingerprint density at radius 2 is 0.733 bits per heavy atom. The van der Waals surface area contributed by atoms with Crippen molar-refractivity contribution in [1.29, 1.82) is 0 Å². The summed E-state index contributed by atoms with van der Waals surface area (Å²) in [7, 11) is 0. The zero-order valence-electron chi connectivity index (χ0n) is 43.4. The Morgan fingerprint density at radius 1 is 0.280 bits per heavy atom. The standard InChI is InChI=1S/C70H54N2O3/c1-39-16-11-23-59(43(39)5)71(60-24-12-17-40(2)44(60)6)51-30-28-47-34-57-64(36-49(47)32-51)73-66-38-56(55-22-15-21-54-53-20-9-10-27-63(53)74-69(54)55)70-68(67(57)66)58-35-48-29-31-52(33-50(48)37-65(58)75-70)72(61-25-13-18-41(3)45(61)7)62-26-14-19-42(4)46(62)8/h9-38H,1-8H3. The Labute approximate surface area is 435 Å². The number of para-hydroxylation sites is 2. The topological polar surface area (TPSA) is 45.9 Å². The number of benzene rings is 11. The number of hydrogen-bond donors (Lipinski definition) is 0. The molecular weight excluding hydrogens is 917 g/mol. The van der Waals surface area contributed by atoms with Crippen LogP contribution < -0.4 is 9.80 Å². The van der Waals surface area contributed by atoms with E-state index < -0.39 is 0 Å². The number of hydrogen-bond acceptors (Lipinski definition) is 5. The van der Waals surface area contributed by atoms with Crippen LogP contribution in [0.1, 0.15) is 44.5 Å². The average Bonchev–Trinajstić information content (AvgIpc) is 4.22. The Hall–Kier alpha value is -9.06. The second-order valence-corrected chi connectivity index (χ2v) is 20.8. The number of nitrogens with zero attached hydrogens (tertiary/aromatic N) is 2. The molecule has 362 valence electrons. The molecule has 14 rings (SSSR count). The van der Waals surface area contributed by atoms with E-state index in [0.717, 1.165) is 133 Å². The lowest BCUT2D eigenvalue weighted by Gasteiger charge is -2.30. The van der Waals surface area contributed by atoms with E-state index in [-0.39, 0.29) is 0 Å². The molecule has 0 radical (unpaired) electrons. The number of furan rings is 3. The van der Waals surface area contributed by atoms with Crippen molar-refractivity contribution in [2.24, 2.45) is 0 Å². The minimum atomic E-state index is 0.791. The SMILES string of the molecule is Cc1cccc(N(c2ccc3cc4c(cc3c2)oc2cc(-c3cccc5c3oc3ccccc35)c3oc5cc6cc(N(c7cccc(C)c7C)c7cccc(C)c7C)ccc6cc5c3c24)c2cccc(C)c2C)c1C. The van der Waals surface area contributed by atoms with Crippen molar-refractivity contribution in [3.8, 4) is 11.1 Å². The fourth-order valence-electron chi connectivity index (χ4n) is 11.8. The third-order valence-electron chi connectivity index (χ3n) is 16.5. The summed E-state index contributed by atoms with van der Waals surface area (Å²) in [5.41, 5.74) is 23.6. The Bertz CT molecular complexity index is 4610. The molecule has 0 fully saturated rings. The Kier molecular flexibility index (Phi) is 9.96. The van der Waals surface area contributed by atoms with E-state index in [4.69, 9.17) is 13.3 Å². The highest BCUT2D eigenvalue weighted by Gasteiger charge is 2.26. The molecule has 0 bridgehead atoms. The van der Waals surface area contributed by atoms with Crippen molar-refractivity contribution < 1.29 is 13.3 Å². The summed E-state index contributed by atoms with van der Waals surface area (Å²) >= 11 is 0. The maximum absolute atomic E-state index is 7.28. The lowest BCUT2D eigenvalue weighted by atomic mass is 9.95. The molecule has 0 aliphatic heterocycles. The van der Waals surface area contributed by atoms with Gasteiger partial charge in [0.2, 0.25) is 0 Å². The van der Waals surface area contributed by atoms with Crippen LogP contribution in [-0.2, 0) is 0 Å². The van der Waals surface area contributed by atoms with Gasteiger partial charge in [-0.3, -0.25) is 0 Å². The molecule has 75 heavy (non-hydrogen) atoms. The predicted octanol–water partition coefficient (Wildman–Crippen LogP) is 20.8. The van der Waals surface area contributed by atoms with Gasteiger partial charge in [-0.2, -0.15) is 0 Å². The van der Waals surface area contributed by atoms with Crippen LogP contribution in [-0.4, -0.2) is 0 Å². The second kappa shape index (κ2) is 16.7.